The average molecular weight is 700 g/mol. The molecule has 6 rings (SSSR count). The van der Waals surface area contributed by atoms with Gasteiger partial charge in [0.05, 0.1) is 22.4 Å². The van der Waals surface area contributed by atoms with Crippen molar-refractivity contribution in [2.75, 3.05) is 10.6 Å². The van der Waals surface area contributed by atoms with Crippen molar-refractivity contribution < 1.29 is 29.6 Å². The predicted molar refractivity (Wildman–Crippen MR) is 217 cm³/mol. The summed E-state index contributed by atoms with van der Waals surface area (Å²) in [5.41, 5.74) is 1.85. The smallest absolute Gasteiger partial charge is 0.423 e. The van der Waals surface area contributed by atoms with E-state index in [1.165, 1.54) is 0 Å². The van der Waals surface area contributed by atoms with E-state index in [0.29, 0.717) is 10.9 Å². The summed E-state index contributed by atoms with van der Waals surface area (Å²) in [5, 5.41) is 57.7. The number of anilines is 4. The highest BCUT2D eigenvalue weighted by atomic mass is 16.6. The Bertz CT molecular complexity index is 2060. The molecule has 6 aromatic carbocycles. The summed E-state index contributed by atoms with van der Waals surface area (Å²) in [6, 6.07) is 28.0. The standard InChI is InChI=1S/C42H50B2N2O6/c1-25-11-15-27(16-12-25)45-35-23-33(43(49)51-41(7,8)39(3,4)47)29-20-22-32-36(46-28-17-13-26(2)14-18-28)24-34(30-19-21-31(35)37(29)38(30)32)44(50)52-42(9,10)40(5,6)48/h11-24,45-50H,1-10H3. The summed E-state index contributed by atoms with van der Waals surface area (Å²) in [6.45, 7) is 17.7. The van der Waals surface area contributed by atoms with Crippen LogP contribution in [0.4, 0.5) is 22.7 Å². The number of hydrogen-bond donors (Lipinski definition) is 6. The lowest BCUT2D eigenvalue weighted by Gasteiger charge is -2.38. The van der Waals surface area contributed by atoms with Gasteiger partial charge >= 0.3 is 14.2 Å². The van der Waals surface area contributed by atoms with E-state index < -0.39 is 36.6 Å². The second kappa shape index (κ2) is 13.4. The molecule has 6 N–H and O–H groups in total. The molecule has 0 saturated carbocycles. The van der Waals surface area contributed by atoms with Crippen LogP contribution in [-0.2, 0) is 9.31 Å². The largest absolute Gasteiger partial charge is 0.492 e. The molecule has 0 aliphatic heterocycles. The van der Waals surface area contributed by atoms with Gasteiger partial charge in [-0.3, -0.25) is 0 Å². The highest BCUT2D eigenvalue weighted by Crippen LogP contribution is 2.41. The average Bonchev–Trinajstić information content (AvgIpc) is 3.05. The lowest BCUT2D eigenvalue weighted by Crippen LogP contribution is -2.53. The van der Waals surface area contributed by atoms with Gasteiger partial charge in [-0.25, -0.2) is 0 Å². The maximum atomic E-state index is 11.8. The van der Waals surface area contributed by atoms with Crippen molar-refractivity contribution in [2.24, 2.45) is 0 Å². The molecule has 0 bridgehead atoms. The van der Waals surface area contributed by atoms with Gasteiger partial charge in [-0.05, 0) is 138 Å². The highest BCUT2D eigenvalue weighted by molar-refractivity contribution is 6.66. The number of aryl methyl sites for hydroxylation is 2. The molecular weight excluding hydrogens is 650 g/mol. The van der Waals surface area contributed by atoms with Crippen molar-refractivity contribution in [3.05, 3.63) is 96.1 Å². The van der Waals surface area contributed by atoms with Gasteiger partial charge in [-0.1, -0.05) is 59.7 Å². The van der Waals surface area contributed by atoms with Crippen LogP contribution in [0.1, 0.15) is 66.5 Å². The topological polar surface area (TPSA) is 123 Å². The highest BCUT2D eigenvalue weighted by Gasteiger charge is 2.42. The van der Waals surface area contributed by atoms with Gasteiger partial charge in [0.25, 0.3) is 0 Å². The fourth-order valence-electron chi connectivity index (χ4n) is 6.22. The number of aliphatic hydroxyl groups is 2. The Balaban J connectivity index is 1.66. The second-order valence-corrected chi connectivity index (χ2v) is 16.2. The van der Waals surface area contributed by atoms with E-state index in [2.05, 4.69) is 10.6 Å². The lowest BCUT2D eigenvalue weighted by atomic mass is 9.70. The molecule has 0 amide bonds. The summed E-state index contributed by atoms with van der Waals surface area (Å²) in [5.74, 6) is 0. The molecular formula is C42H50B2N2O6. The molecule has 10 heteroatoms. The van der Waals surface area contributed by atoms with Gasteiger partial charge in [0.2, 0.25) is 0 Å². The first-order chi connectivity index (χ1) is 24.2. The minimum absolute atomic E-state index is 0.521. The summed E-state index contributed by atoms with van der Waals surface area (Å²) in [7, 11) is -2.79. The van der Waals surface area contributed by atoms with Crippen LogP contribution in [0.25, 0.3) is 32.3 Å². The van der Waals surface area contributed by atoms with Crippen LogP contribution >= 0.6 is 0 Å². The molecule has 0 aliphatic rings. The molecule has 0 heterocycles. The molecule has 270 valence electrons. The minimum atomic E-state index is -1.39. The van der Waals surface area contributed by atoms with E-state index in [4.69, 9.17) is 9.31 Å². The maximum absolute atomic E-state index is 11.8. The van der Waals surface area contributed by atoms with Crippen LogP contribution in [0.5, 0.6) is 0 Å². The molecule has 0 unspecified atom stereocenters. The first-order valence-corrected chi connectivity index (χ1v) is 17.8. The molecule has 0 atom stereocenters. The van der Waals surface area contributed by atoms with Gasteiger partial charge in [-0.15, -0.1) is 0 Å². The number of benzene rings is 6. The Morgan fingerprint density at radius 3 is 1.10 bits per heavy atom. The monoisotopic (exact) mass is 700 g/mol. The fraction of sp³-hybridized carbons (Fsp3) is 0.333. The molecule has 8 nitrogen and oxygen atoms in total. The van der Waals surface area contributed by atoms with E-state index in [9.17, 15) is 20.3 Å². The Labute approximate surface area is 307 Å². The van der Waals surface area contributed by atoms with E-state index in [0.717, 1.165) is 66.2 Å². The summed E-state index contributed by atoms with van der Waals surface area (Å²) >= 11 is 0. The summed E-state index contributed by atoms with van der Waals surface area (Å²) in [4.78, 5) is 0. The van der Waals surface area contributed by atoms with Crippen LogP contribution in [0.15, 0.2) is 84.9 Å². The number of rotatable bonds is 12. The van der Waals surface area contributed by atoms with E-state index >= 15 is 0 Å². The third-order valence-corrected chi connectivity index (χ3v) is 10.9. The van der Waals surface area contributed by atoms with Crippen molar-refractivity contribution in [1.29, 1.82) is 0 Å². The van der Waals surface area contributed by atoms with Crippen LogP contribution in [-0.4, -0.2) is 56.9 Å². The van der Waals surface area contributed by atoms with E-state index in [-0.39, 0.29) is 0 Å². The van der Waals surface area contributed by atoms with Crippen LogP contribution in [0.3, 0.4) is 0 Å². The van der Waals surface area contributed by atoms with Crippen LogP contribution in [0.2, 0.25) is 0 Å². The third-order valence-electron chi connectivity index (χ3n) is 10.9. The second-order valence-electron chi connectivity index (χ2n) is 16.2. The van der Waals surface area contributed by atoms with Crippen LogP contribution < -0.4 is 21.6 Å². The molecule has 0 fully saturated rings. The van der Waals surface area contributed by atoms with E-state index in [1.54, 1.807) is 55.4 Å². The zero-order valence-corrected chi connectivity index (χ0v) is 31.8. The van der Waals surface area contributed by atoms with Gasteiger partial charge in [0.1, 0.15) is 0 Å². The first-order valence-electron chi connectivity index (χ1n) is 17.8. The fourth-order valence-corrected chi connectivity index (χ4v) is 6.22. The van der Waals surface area contributed by atoms with Crippen molar-refractivity contribution in [1.82, 2.24) is 0 Å². The molecule has 0 aliphatic carbocycles. The SMILES string of the molecule is Cc1ccc(Nc2cc(B(O)OC(C)(C)C(C)(C)O)c3ccc4c(Nc5ccc(C)cc5)cc(B(O)OC(C)(C)C(C)(C)O)c5ccc2c3c45)cc1. The molecule has 0 radical (unpaired) electrons. The third kappa shape index (κ3) is 7.12. The number of hydrogen-bond acceptors (Lipinski definition) is 8. The Morgan fingerprint density at radius 1 is 0.481 bits per heavy atom. The van der Waals surface area contributed by atoms with Crippen molar-refractivity contribution in [3.8, 4) is 0 Å². The summed E-state index contributed by atoms with van der Waals surface area (Å²) < 4.78 is 12.5. The number of nitrogens with one attached hydrogen (secondary N) is 2. The quantitative estimate of drug-likeness (QED) is 0.0586. The van der Waals surface area contributed by atoms with Gasteiger partial charge in [-0.2, -0.15) is 0 Å². The van der Waals surface area contributed by atoms with E-state index in [1.807, 2.05) is 98.8 Å². The van der Waals surface area contributed by atoms with Crippen LogP contribution in [0, 0.1) is 13.8 Å². The zero-order chi connectivity index (χ0) is 38.0. The molecule has 6 aromatic rings. The first kappa shape index (κ1) is 37.6. The van der Waals surface area contributed by atoms with Gasteiger partial charge in [0.15, 0.2) is 0 Å². The van der Waals surface area contributed by atoms with Gasteiger partial charge < -0.3 is 40.2 Å². The normalized spacial score (nSPS) is 13.0. The Hall–Kier alpha value is -4.15. The Kier molecular flexibility index (Phi) is 9.66. The predicted octanol–water partition coefficient (Wildman–Crippen LogP) is 7.20. The molecule has 52 heavy (non-hydrogen) atoms. The van der Waals surface area contributed by atoms with Gasteiger partial charge in [0, 0.05) is 33.5 Å². The zero-order valence-electron chi connectivity index (χ0n) is 31.8. The molecule has 0 spiro atoms. The maximum Gasteiger partial charge on any atom is 0.492 e. The van der Waals surface area contributed by atoms with Crippen molar-refractivity contribution in [2.45, 2.75) is 91.6 Å². The Morgan fingerprint density at radius 2 is 0.788 bits per heavy atom. The molecule has 0 aromatic heterocycles. The minimum Gasteiger partial charge on any atom is -0.423 e. The van der Waals surface area contributed by atoms with Crippen molar-refractivity contribution >= 4 is 80.2 Å². The lowest BCUT2D eigenvalue weighted by molar-refractivity contribution is -0.0982. The molecule has 0 saturated heterocycles. The van der Waals surface area contributed by atoms with Crippen molar-refractivity contribution in [3.63, 3.8) is 0 Å². The summed E-state index contributed by atoms with van der Waals surface area (Å²) in [6.07, 6.45) is 0.